The van der Waals surface area contributed by atoms with Crippen molar-refractivity contribution in [3.63, 3.8) is 0 Å². The Labute approximate surface area is 192 Å². The third-order valence-electron chi connectivity index (χ3n) is 4.69. The van der Waals surface area contributed by atoms with Gasteiger partial charge in [0, 0.05) is 22.3 Å². The molecule has 2 atom stereocenters. The number of aromatic nitrogens is 2. The predicted octanol–water partition coefficient (Wildman–Crippen LogP) is 5.31. The average molecular weight is 480 g/mol. The van der Waals surface area contributed by atoms with Crippen molar-refractivity contribution in [3.05, 3.63) is 59.1 Å². The third kappa shape index (κ3) is 5.98. The second kappa shape index (κ2) is 10.5. The van der Waals surface area contributed by atoms with Gasteiger partial charge in [-0.2, -0.15) is 0 Å². The number of benzene rings is 2. The first-order valence-electron chi connectivity index (χ1n) is 9.69. The monoisotopic (exact) mass is 479 g/mol. The number of carbonyl (C=O) groups excluding carboxylic acids is 2. The zero-order chi connectivity index (χ0) is 23.3. The number of anilines is 2. The first-order chi connectivity index (χ1) is 15.3. The molecule has 0 bridgehead atoms. The maximum Gasteiger partial charge on any atom is 0.319 e. The van der Waals surface area contributed by atoms with Crippen LogP contribution in [-0.4, -0.2) is 28.2 Å². The highest BCUT2D eigenvalue weighted by molar-refractivity contribution is 7.18. The maximum atomic E-state index is 13.4. The topological polar surface area (TPSA) is 96.0 Å². The fourth-order valence-electron chi connectivity index (χ4n) is 2.78. The summed E-state index contributed by atoms with van der Waals surface area (Å²) in [5.41, 5.74) is 0.818. The molecule has 1 aromatic heterocycles. The van der Waals surface area contributed by atoms with Crippen molar-refractivity contribution in [2.45, 2.75) is 26.3 Å². The minimum Gasteiger partial charge on any atom is -0.326 e. The average Bonchev–Trinajstić information content (AvgIpc) is 3.22. The van der Waals surface area contributed by atoms with E-state index in [2.05, 4.69) is 26.1 Å². The Hall–Kier alpha value is -3.11. The van der Waals surface area contributed by atoms with Gasteiger partial charge in [-0.15, -0.1) is 10.2 Å². The van der Waals surface area contributed by atoms with Gasteiger partial charge in [0.1, 0.15) is 11.0 Å². The number of hydrogen-bond donors (Lipinski definition) is 3. The van der Waals surface area contributed by atoms with Gasteiger partial charge in [0.15, 0.2) is 11.6 Å². The highest BCUT2D eigenvalue weighted by Gasteiger charge is 2.27. The Morgan fingerprint density at radius 2 is 1.88 bits per heavy atom. The number of nitrogens with one attached hydrogen (secondary N) is 3. The van der Waals surface area contributed by atoms with Gasteiger partial charge in [-0.1, -0.05) is 55.3 Å². The minimum atomic E-state index is -1.09. The Morgan fingerprint density at radius 3 is 2.56 bits per heavy atom. The lowest BCUT2D eigenvalue weighted by Gasteiger charge is -2.23. The molecule has 0 saturated carbocycles. The van der Waals surface area contributed by atoms with E-state index in [1.807, 2.05) is 13.0 Å². The molecule has 1 heterocycles. The molecule has 3 N–H and O–H groups in total. The third-order valence-corrected chi connectivity index (χ3v) is 5.81. The first-order valence-corrected chi connectivity index (χ1v) is 10.9. The Morgan fingerprint density at radius 1 is 1.09 bits per heavy atom. The number of rotatable bonds is 7. The van der Waals surface area contributed by atoms with Crippen molar-refractivity contribution in [1.29, 1.82) is 0 Å². The van der Waals surface area contributed by atoms with Crippen molar-refractivity contribution in [2.75, 3.05) is 10.6 Å². The van der Waals surface area contributed by atoms with Gasteiger partial charge >= 0.3 is 6.03 Å². The SMILES string of the molecule is CCC(C)C(NC(=O)Nc1ccc(F)c(F)c1)C(=O)Nc1nnc(-c2cccc(Cl)c2)s1. The van der Waals surface area contributed by atoms with Crippen LogP contribution in [0.3, 0.4) is 0 Å². The van der Waals surface area contributed by atoms with Gasteiger partial charge in [0.25, 0.3) is 0 Å². The van der Waals surface area contributed by atoms with E-state index in [1.54, 1.807) is 25.1 Å². The Kier molecular flexibility index (Phi) is 7.70. The van der Waals surface area contributed by atoms with Crippen LogP contribution in [0.1, 0.15) is 20.3 Å². The molecule has 3 amide bonds. The van der Waals surface area contributed by atoms with E-state index in [0.717, 1.165) is 17.7 Å². The predicted molar refractivity (Wildman–Crippen MR) is 121 cm³/mol. The van der Waals surface area contributed by atoms with E-state index in [0.29, 0.717) is 16.5 Å². The van der Waals surface area contributed by atoms with Crippen molar-refractivity contribution in [1.82, 2.24) is 15.5 Å². The molecule has 0 spiro atoms. The summed E-state index contributed by atoms with van der Waals surface area (Å²) in [7, 11) is 0. The van der Waals surface area contributed by atoms with Crippen LogP contribution in [0.25, 0.3) is 10.6 Å². The van der Waals surface area contributed by atoms with Crippen molar-refractivity contribution >= 4 is 45.7 Å². The lowest BCUT2D eigenvalue weighted by atomic mass is 9.98. The molecule has 11 heteroatoms. The standard InChI is InChI=1S/C21H20ClF2N5O2S/c1-3-11(2)17(26-20(31)25-14-7-8-15(23)16(24)10-14)18(30)27-21-29-28-19(32-21)12-5-4-6-13(22)9-12/h4-11,17H,3H2,1-2H3,(H2,25,26,31)(H,27,29,30). The second-order valence-electron chi connectivity index (χ2n) is 7.00. The normalized spacial score (nSPS) is 12.7. The summed E-state index contributed by atoms with van der Waals surface area (Å²) in [6, 6.07) is 8.42. The molecule has 3 rings (SSSR count). The van der Waals surface area contributed by atoms with Crippen LogP contribution in [0.4, 0.5) is 24.4 Å². The molecule has 2 unspecified atom stereocenters. The van der Waals surface area contributed by atoms with Gasteiger partial charge in [-0.3, -0.25) is 10.1 Å². The van der Waals surface area contributed by atoms with Crippen molar-refractivity contribution in [2.24, 2.45) is 5.92 Å². The molecule has 0 aliphatic heterocycles. The summed E-state index contributed by atoms with van der Waals surface area (Å²) < 4.78 is 26.4. The summed E-state index contributed by atoms with van der Waals surface area (Å²) in [6.45, 7) is 3.68. The fourth-order valence-corrected chi connectivity index (χ4v) is 3.71. The smallest absolute Gasteiger partial charge is 0.319 e. The lowest BCUT2D eigenvalue weighted by Crippen LogP contribution is -2.49. The molecule has 168 valence electrons. The van der Waals surface area contributed by atoms with Crippen LogP contribution in [0, 0.1) is 17.6 Å². The number of urea groups is 1. The molecule has 2 aromatic carbocycles. The van der Waals surface area contributed by atoms with Crippen molar-refractivity contribution in [3.8, 4) is 10.6 Å². The molecule has 3 aromatic rings. The number of hydrogen-bond acceptors (Lipinski definition) is 5. The van der Waals surface area contributed by atoms with E-state index in [4.69, 9.17) is 11.6 Å². The Bertz CT molecular complexity index is 1130. The van der Waals surface area contributed by atoms with E-state index in [1.165, 1.54) is 17.4 Å². The maximum absolute atomic E-state index is 13.4. The number of halogens is 3. The summed E-state index contributed by atoms with van der Waals surface area (Å²) in [5.74, 6) is -2.81. The van der Waals surface area contributed by atoms with Gasteiger partial charge < -0.3 is 10.6 Å². The van der Waals surface area contributed by atoms with Crippen molar-refractivity contribution < 1.29 is 18.4 Å². The van der Waals surface area contributed by atoms with Crippen LogP contribution in [0.5, 0.6) is 0 Å². The molecule has 0 aliphatic carbocycles. The summed E-state index contributed by atoms with van der Waals surface area (Å²) in [6.07, 6.45) is 0.605. The molecule has 0 aliphatic rings. The van der Waals surface area contributed by atoms with Gasteiger partial charge in [0.2, 0.25) is 11.0 Å². The van der Waals surface area contributed by atoms with Crippen LogP contribution in [0.2, 0.25) is 5.02 Å². The van der Waals surface area contributed by atoms with Crippen LogP contribution in [-0.2, 0) is 4.79 Å². The van der Waals surface area contributed by atoms with Gasteiger partial charge in [0.05, 0.1) is 0 Å². The number of amides is 3. The molecule has 0 saturated heterocycles. The highest BCUT2D eigenvalue weighted by Crippen LogP contribution is 2.28. The van der Waals surface area contributed by atoms with E-state index in [-0.39, 0.29) is 16.7 Å². The largest absolute Gasteiger partial charge is 0.326 e. The van der Waals surface area contributed by atoms with E-state index >= 15 is 0 Å². The number of nitrogens with zero attached hydrogens (tertiary/aromatic N) is 2. The molecule has 0 fully saturated rings. The van der Waals surface area contributed by atoms with Crippen LogP contribution >= 0.6 is 22.9 Å². The van der Waals surface area contributed by atoms with Crippen LogP contribution < -0.4 is 16.0 Å². The summed E-state index contributed by atoms with van der Waals surface area (Å²) >= 11 is 7.17. The van der Waals surface area contributed by atoms with Gasteiger partial charge in [-0.25, -0.2) is 13.6 Å². The molecule has 7 nitrogen and oxygen atoms in total. The second-order valence-corrected chi connectivity index (χ2v) is 8.42. The van der Waals surface area contributed by atoms with Gasteiger partial charge in [-0.05, 0) is 30.2 Å². The lowest BCUT2D eigenvalue weighted by molar-refractivity contribution is -0.119. The molecular formula is C21H20ClF2N5O2S. The van der Waals surface area contributed by atoms with E-state index < -0.39 is 29.6 Å². The molecule has 32 heavy (non-hydrogen) atoms. The minimum absolute atomic E-state index is 0.0556. The van der Waals surface area contributed by atoms with E-state index in [9.17, 15) is 18.4 Å². The van der Waals surface area contributed by atoms with Crippen LogP contribution in [0.15, 0.2) is 42.5 Å². The summed E-state index contributed by atoms with van der Waals surface area (Å²) in [4.78, 5) is 25.2. The zero-order valence-corrected chi connectivity index (χ0v) is 18.7. The Balaban J connectivity index is 1.68. The molecule has 0 radical (unpaired) electrons. The number of carbonyl (C=O) groups is 2. The highest BCUT2D eigenvalue weighted by atomic mass is 35.5. The fraction of sp³-hybridized carbons (Fsp3) is 0.238. The first kappa shape index (κ1) is 23.6. The molecular weight excluding hydrogens is 460 g/mol. The summed E-state index contributed by atoms with van der Waals surface area (Å²) in [5, 5.41) is 17.1. The zero-order valence-electron chi connectivity index (χ0n) is 17.2. The quantitative estimate of drug-likeness (QED) is 0.427.